The zero-order chi connectivity index (χ0) is 18.4. The van der Waals surface area contributed by atoms with Crippen molar-refractivity contribution >= 4 is 53.6 Å². The summed E-state index contributed by atoms with van der Waals surface area (Å²) in [6.07, 6.45) is -0.483. The second-order valence-electron chi connectivity index (χ2n) is 8.05. The summed E-state index contributed by atoms with van der Waals surface area (Å²) in [5.41, 5.74) is -2.33. The van der Waals surface area contributed by atoms with Crippen LogP contribution in [0.3, 0.4) is 0 Å². The summed E-state index contributed by atoms with van der Waals surface area (Å²) in [4.78, 5) is 0. The van der Waals surface area contributed by atoms with Crippen molar-refractivity contribution in [3.8, 4) is 0 Å². The summed E-state index contributed by atoms with van der Waals surface area (Å²) < 4.78 is 24.9. The molecule has 2 aliphatic heterocycles. The van der Waals surface area contributed by atoms with Crippen LogP contribution < -0.4 is 0 Å². The Morgan fingerprint density at radius 3 is 2.50 bits per heavy atom. The number of ether oxygens (including phenoxy) is 1. The molecule has 0 aliphatic carbocycles. The van der Waals surface area contributed by atoms with Gasteiger partial charge in [-0.1, -0.05) is 44.0 Å². The van der Waals surface area contributed by atoms with E-state index in [1.54, 1.807) is 11.4 Å². The minimum atomic E-state index is -1.99. The van der Waals surface area contributed by atoms with Gasteiger partial charge in [-0.2, -0.15) is 0 Å². The Hall–Kier alpha value is 1.55. The van der Waals surface area contributed by atoms with Crippen LogP contribution in [0.5, 0.6) is 0 Å². The lowest BCUT2D eigenvalue weighted by atomic mass is 9.90. The Morgan fingerprint density at radius 2 is 2.04 bits per heavy atom. The number of hydrogen-bond acceptors (Lipinski definition) is 6. The Bertz CT molecular complexity index is 505. The van der Waals surface area contributed by atoms with Crippen molar-refractivity contribution < 1.29 is 18.2 Å². The second-order valence-corrected chi connectivity index (χ2v) is 21.4. The summed E-state index contributed by atoms with van der Waals surface area (Å²) in [5.74, 6) is 0.751. The quantitative estimate of drug-likeness (QED) is 0.501. The van der Waals surface area contributed by atoms with E-state index in [4.69, 9.17) is 37.9 Å². The highest BCUT2D eigenvalue weighted by Crippen LogP contribution is 2.63. The summed E-state index contributed by atoms with van der Waals surface area (Å²) >= 11 is 7.19. The van der Waals surface area contributed by atoms with Crippen LogP contribution in [0.2, 0.25) is 18.1 Å². The number of hydrogen-bond donors (Lipinski definition) is 0. The smallest absolute Gasteiger partial charge is 0.192 e. The van der Waals surface area contributed by atoms with E-state index in [-0.39, 0.29) is 17.2 Å². The average Bonchev–Trinajstić information content (AvgIpc) is 2.67. The highest BCUT2D eigenvalue weighted by Gasteiger charge is 2.58. The molecule has 2 aliphatic rings. The average molecular weight is 426 g/mol. The Labute approximate surface area is 160 Å². The van der Waals surface area contributed by atoms with Gasteiger partial charge in [0.25, 0.3) is 0 Å². The molecule has 138 valence electrons. The van der Waals surface area contributed by atoms with Gasteiger partial charge < -0.3 is 18.2 Å². The van der Waals surface area contributed by atoms with Crippen molar-refractivity contribution in [1.29, 1.82) is 0 Å². The van der Waals surface area contributed by atoms with Crippen LogP contribution in [0.1, 0.15) is 20.8 Å². The standard InChI is InChI=1S/C14H29BO4P2S2Si/c1-13(2,3)24(6,7)19-10-11(18-20-4)14(17-12(10)15)8-16-21(5,22)23-9-14/h10-12,20H,8-9H2,1-7H3/t10-,11?,12+,14+,21?/m0/s1. The fraction of sp³-hybridized carbons (Fsp3) is 1.00. The Kier molecular flexibility index (Phi) is 6.85. The predicted molar refractivity (Wildman–Crippen MR) is 113 cm³/mol. The SMILES string of the molecule is [B][C@@H]1O[C@@]2(COP(C)(=S)SC2)C(OPC)[C@@H]1O[Si](C)(C)C(C)(C)C. The minimum Gasteiger partial charge on any atom is -0.409 e. The van der Waals surface area contributed by atoms with Gasteiger partial charge in [0.2, 0.25) is 0 Å². The molecule has 2 rings (SSSR count). The van der Waals surface area contributed by atoms with Gasteiger partial charge in [-0.15, -0.1) is 0 Å². The first-order valence-electron chi connectivity index (χ1n) is 8.14. The molecular formula is C14H29BO4P2S2Si. The van der Waals surface area contributed by atoms with Crippen LogP contribution in [0.4, 0.5) is 0 Å². The lowest BCUT2D eigenvalue weighted by Gasteiger charge is -2.43. The molecule has 2 heterocycles. The van der Waals surface area contributed by atoms with Gasteiger partial charge in [-0.05, 0) is 31.5 Å². The van der Waals surface area contributed by atoms with Crippen LogP contribution in [0, 0.1) is 0 Å². The molecule has 0 aromatic rings. The van der Waals surface area contributed by atoms with Crippen LogP contribution in [0.15, 0.2) is 0 Å². The van der Waals surface area contributed by atoms with E-state index in [2.05, 4.69) is 33.9 Å². The van der Waals surface area contributed by atoms with Crippen molar-refractivity contribution in [2.75, 3.05) is 25.7 Å². The lowest BCUT2D eigenvalue weighted by molar-refractivity contribution is -0.0642. The van der Waals surface area contributed by atoms with Gasteiger partial charge >= 0.3 is 0 Å². The van der Waals surface area contributed by atoms with E-state index in [1.807, 2.05) is 13.3 Å². The third kappa shape index (κ3) is 4.51. The molecule has 2 fully saturated rings. The van der Waals surface area contributed by atoms with Crippen molar-refractivity contribution in [2.45, 2.75) is 62.7 Å². The molecule has 2 radical (unpaired) electrons. The molecule has 1 spiro atoms. The van der Waals surface area contributed by atoms with Crippen LogP contribution in [0.25, 0.3) is 0 Å². The van der Waals surface area contributed by atoms with Crippen molar-refractivity contribution in [2.24, 2.45) is 0 Å². The highest BCUT2D eigenvalue weighted by atomic mass is 32.9. The summed E-state index contributed by atoms with van der Waals surface area (Å²) in [7, 11) is 4.69. The zero-order valence-corrected chi connectivity index (χ0v) is 20.1. The highest BCUT2D eigenvalue weighted by molar-refractivity contribution is 8.69. The maximum absolute atomic E-state index is 6.61. The van der Waals surface area contributed by atoms with Gasteiger partial charge in [0.15, 0.2) is 8.32 Å². The first-order valence-corrected chi connectivity index (χ1v) is 17.2. The molecule has 2 saturated heterocycles. The molecule has 0 bridgehead atoms. The summed E-state index contributed by atoms with van der Waals surface area (Å²) in [5, 5.41) is 0.101. The maximum atomic E-state index is 6.61. The largest absolute Gasteiger partial charge is 0.409 e. The molecule has 24 heavy (non-hydrogen) atoms. The molecule has 6 atom stereocenters. The van der Waals surface area contributed by atoms with Gasteiger partial charge in [-0.3, -0.25) is 0 Å². The lowest BCUT2D eigenvalue weighted by Crippen LogP contribution is -2.54. The topological polar surface area (TPSA) is 36.9 Å². The van der Waals surface area contributed by atoms with Gasteiger partial charge in [0.1, 0.15) is 25.0 Å². The summed E-state index contributed by atoms with van der Waals surface area (Å²) in [6.45, 7) is 15.6. The molecule has 0 amide bonds. The Balaban J connectivity index is 2.24. The van der Waals surface area contributed by atoms with Gasteiger partial charge in [0, 0.05) is 20.6 Å². The van der Waals surface area contributed by atoms with Gasteiger partial charge in [-0.25, -0.2) is 0 Å². The monoisotopic (exact) mass is 426 g/mol. The molecule has 0 N–H and O–H groups in total. The van der Waals surface area contributed by atoms with Crippen molar-refractivity contribution in [3.63, 3.8) is 0 Å². The van der Waals surface area contributed by atoms with E-state index in [0.29, 0.717) is 15.4 Å². The molecule has 0 saturated carbocycles. The van der Waals surface area contributed by atoms with Crippen LogP contribution >= 0.6 is 25.7 Å². The van der Waals surface area contributed by atoms with Crippen LogP contribution in [-0.2, 0) is 30.0 Å². The molecule has 3 unspecified atom stereocenters. The first-order chi connectivity index (χ1) is 10.8. The Morgan fingerprint density at radius 1 is 1.42 bits per heavy atom. The fourth-order valence-corrected chi connectivity index (χ4v) is 8.15. The zero-order valence-electron chi connectivity index (χ0n) is 15.6. The minimum absolute atomic E-state index is 0.101. The fourth-order valence-electron chi connectivity index (χ4n) is 2.59. The van der Waals surface area contributed by atoms with Crippen molar-refractivity contribution in [3.05, 3.63) is 0 Å². The van der Waals surface area contributed by atoms with Crippen molar-refractivity contribution in [1.82, 2.24) is 0 Å². The molecule has 4 nitrogen and oxygen atoms in total. The maximum Gasteiger partial charge on any atom is 0.192 e. The predicted octanol–water partition coefficient (Wildman–Crippen LogP) is 3.95. The molecular weight excluding hydrogens is 397 g/mol. The van der Waals surface area contributed by atoms with E-state index in [1.165, 1.54) is 0 Å². The summed E-state index contributed by atoms with van der Waals surface area (Å²) in [6, 6.07) is -0.502. The second kappa shape index (κ2) is 7.52. The van der Waals surface area contributed by atoms with Gasteiger partial charge in [0.05, 0.1) is 12.7 Å². The molecule has 0 aromatic carbocycles. The third-order valence-electron chi connectivity index (χ3n) is 5.08. The van der Waals surface area contributed by atoms with E-state index in [9.17, 15) is 0 Å². The van der Waals surface area contributed by atoms with E-state index >= 15 is 0 Å². The molecule has 0 aromatic heterocycles. The molecule has 10 heteroatoms. The van der Waals surface area contributed by atoms with Crippen LogP contribution in [-0.4, -0.2) is 65.7 Å². The number of rotatable bonds is 4. The first kappa shape index (κ1) is 21.8. The third-order valence-corrected chi connectivity index (χ3v) is 15.1. The van der Waals surface area contributed by atoms with E-state index in [0.717, 1.165) is 5.75 Å². The normalized spacial score (nSPS) is 41.5. The van der Waals surface area contributed by atoms with E-state index < -0.39 is 25.4 Å².